The SMILES string of the molecule is Cc1cc([C@H]2[C@H](c3ccccn3)NC(=S)N2CCC(=O)Nc2ccc(F)cc2)c(C)[nH]1. The van der Waals surface area contributed by atoms with Gasteiger partial charge in [-0.05, 0) is 74.1 Å². The Balaban J connectivity index is 1.54. The minimum absolute atomic E-state index is 0.0917. The van der Waals surface area contributed by atoms with Gasteiger partial charge in [-0.3, -0.25) is 9.78 Å². The highest BCUT2D eigenvalue weighted by Gasteiger charge is 2.40. The van der Waals surface area contributed by atoms with Crippen molar-refractivity contribution in [3.05, 3.63) is 83.2 Å². The molecular weight excluding hydrogens is 413 g/mol. The van der Waals surface area contributed by atoms with Gasteiger partial charge in [0.2, 0.25) is 5.91 Å². The first-order valence-corrected chi connectivity index (χ1v) is 10.5. The van der Waals surface area contributed by atoms with E-state index in [1.165, 1.54) is 12.1 Å². The maximum atomic E-state index is 13.1. The first kappa shape index (κ1) is 21.0. The van der Waals surface area contributed by atoms with Gasteiger partial charge in [0, 0.05) is 36.2 Å². The Labute approximate surface area is 185 Å². The highest BCUT2D eigenvalue weighted by atomic mass is 32.1. The molecule has 0 bridgehead atoms. The zero-order chi connectivity index (χ0) is 22.0. The fourth-order valence-corrected chi connectivity index (χ4v) is 4.35. The largest absolute Gasteiger partial charge is 0.362 e. The average molecular weight is 438 g/mol. The molecule has 0 aliphatic carbocycles. The van der Waals surface area contributed by atoms with Crippen molar-refractivity contribution in [3.8, 4) is 0 Å². The predicted octanol–water partition coefficient (Wildman–Crippen LogP) is 4.17. The van der Waals surface area contributed by atoms with Crippen LogP contribution in [0.4, 0.5) is 10.1 Å². The molecule has 3 aromatic rings. The molecule has 0 saturated carbocycles. The molecule has 1 aliphatic rings. The van der Waals surface area contributed by atoms with E-state index in [9.17, 15) is 9.18 Å². The Morgan fingerprint density at radius 1 is 1.23 bits per heavy atom. The molecule has 1 saturated heterocycles. The van der Waals surface area contributed by atoms with Gasteiger partial charge >= 0.3 is 0 Å². The second kappa shape index (κ2) is 8.85. The number of anilines is 1. The lowest BCUT2D eigenvalue weighted by molar-refractivity contribution is -0.116. The number of thiocarbonyl (C=S) groups is 1. The summed E-state index contributed by atoms with van der Waals surface area (Å²) in [7, 11) is 0. The summed E-state index contributed by atoms with van der Waals surface area (Å²) in [6, 6.07) is 13.5. The standard InChI is InChI=1S/C23H24FN5OS/c1-14-13-18(15(2)26-14)22-21(19-5-3-4-11-25-19)28-23(31)29(22)12-10-20(30)27-17-8-6-16(24)7-9-17/h3-9,11,13,21-22,26H,10,12H2,1-2H3,(H,27,30)(H,28,31)/t21-,22-/m0/s1. The van der Waals surface area contributed by atoms with E-state index in [4.69, 9.17) is 12.2 Å². The van der Waals surface area contributed by atoms with Crippen LogP contribution in [0.1, 0.15) is 41.1 Å². The van der Waals surface area contributed by atoms with E-state index in [1.807, 2.05) is 32.0 Å². The lowest BCUT2D eigenvalue weighted by Gasteiger charge is -2.27. The lowest BCUT2D eigenvalue weighted by atomic mass is 9.96. The normalized spacial score (nSPS) is 18.2. The number of aromatic amines is 1. The maximum absolute atomic E-state index is 13.1. The first-order valence-electron chi connectivity index (χ1n) is 10.1. The summed E-state index contributed by atoms with van der Waals surface area (Å²) in [6.45, 7) is 4.50. The Hall–Kier alpha value is -3.26. The molecule has 0 spiro atoms. The summed E-state index contributed by atoms with van der Waals surface area (Å²) < 4.78 is 13.1. The number of halogens is 1. The van der Waals surface area contributed by atoms with Crippen LogP contribution < -0.4 is 10.6 Å². The van der Waals surface area contributed by atoms with Gasteiger partial charge in [0.05, 0.1) is 17.8 Å². The molecule has 1 fully saturated rings. The van der Waals surface area contributed by atoms with Crippen LogP contribution in [0.25, 0.3) is 0 Å². The Morgan fingerprint density at radius 3 is 2.65 bits per heavy atom. The Morgan fingerprint density at radius 2 is 2.00 bits per heavy atom. The fourth-order valence-electron chi connectivity index (χ4n) is 4.02. The van der Waals surface area contributed by atoms with Crippen LogP contribution in [0, 0.1) is 19.7 Å². The van der Waals surface area contributed by atoms with Crippen LogP contribution in [0.5, 0.6) is 0 Å². The van der Waals surface area contributed by atoms with Crippen LogP contribution in [0.2, 0.25) is 0 Å². The highest BCUT2D eigenvalue weighted by molar-refractivity contribution is 7.80. The number of amides is 1. The molecule has 3 heterocycles. The molecular formula is C23H24FN5OS. The predicted molar refractivity (Wildman–Crippen MR) is 122 cm³/mol. The van der Waals surface area contributed by atoms with Crippen molar-refractivity contribution in [1.29, 1.82) is 0 Å². The number of aromatic nitrogens is 2. The zero-order valence-electron chi connectivity index (χ0n) is 17.4. The van der Waals surface area contributed by atoms with E-state index >= 15 is 0 Å². The van der Waals surface area contributed by atoms with Gasteiger partial charge in [-0.1, -0.05) is 6.07 Å². The van der Waals surface area contributed by atoms with Gasteiger partial charge in [0.15, 0.2) is 5.11 Å². The van der Waals surface area contributed by atoms with Crippen molar-refractivity contribution in [2.45, 2.75) is 32.4 Å². The monoisotopic (exact) mass is 437 g/mol. The van der Waals surface area contributed by atoms with Crippen LogP contribution in [-0.2, 0) is 4.79 Å². The van der Waals surface area contributed by atoms with E-state index in [1.54, 1.807) is 18.3 Å². The van der Waals surface area contributed by atoms with E-state index in [0.29, 0.717) is 17.3 Å². The van der Waals surface area contributed by atoms with E-state index in [2.05, 4.69) is 31.6 Å². The van der Waals surface area contributed by atoms with Gasteiger partial charge in [-0.25, -0.2) is 4.39 Å². The number of nitrogens with one attached hydrogen (secondary N) is 3. The van der Waals surface area contributed by atoms with Crippen LogP contribution >= 0.6 is 12.2 Å². The Kier molecular flexibility index (Phi) is 5.99. The third kappa shape index (κ3) is 4.59. The number of H-pyrrole nitrogens is 1. The van der Waals surface area contributed by atoms with Crippen LogP contribution in [0.3, 0.4) is 0 Å². The van der Waals surface area contributed by atoms with E-state index < -0.39 is 0 Å². The van der Waals surface area contributed by atoms with Crippen molar-refractivity contribution in [1.82, 2.24) is 20.2 Å². The molecule has 6 nitrogen and oxygen atoms in total. The van der Waals surface area contributed by atoms with Gasteiger partial charge < -0.3 is 20.5 Å². The van der Waals surface area contributed by atoms with Crippen molar-refractivity contribution in [2.75, 3.05) is 11.9 Å². The molecule has 3 N–H and O–H groups in total. The number of benzene rings is 1. The molecule has 160 valence electrons. The quantitative estimate of drug-likeness (QED) is 0.505. The third-order valence-electron chi connectivity index (χ3n) is 5.41. The summed E-state index contributed by atoms with van der Waals surface area (Å²) in [5, 5.41) is 6.79. The smallest absolute Gasteiger partial charge is 0.226 e. The van der Waals surface area contributed by atoms with Gasteiger partial charge in [-0.2, -0.15) is 0 Å². The lowest BCUT2D eigenvalue weighted by Crippen LogP contribution is -2.32. The molecule has 8 heteroatoms. The molecule has 31 heavy (non-hydrogen) atoms. The number of aryl methyl sites for hydroxylation is 2. The van der Waals surface area contributed by atoms with E-state index in [-0.39, 0.29) is 30.2 Å². The fraction of sp³-hybridized carbons (Fsp3) is 0.261. The molecule has 1 aromatic carbocycles. The molecule has 0 unspecified atom stereocenters. The van der Waals surface area contributed by atoms with Gasteiger partial charge in [-0.15, -0.1) is 0 Å². The van der Waals surface area contributed by atoms with Crippen molar-refractivity contribution < 1.29 is 9.18 Å². The summed E-state index contributed by atoms with van der Waals surface area (Å²) in [6.07, 6.45) is 2.01. The van der Waals surface area contributed by atoms with Gasteiger partial charge in [0.1, 0.15) is 5.82 Å². The summed E-state index contributed by atoms with van der Waals surface area (Å²) in [5.41, 5.74) is 4.72. The number of nitrogens with zero attached hydrogens (tertiary/aromatic N) is 2. The topological polar surface area (TPSA) is 73.1 Å². The number of carbonyl (C=O) groups is 1. The van der Waals surface area contributed by atoms with Crippen LogP contribution in [-0.4, -0.2) is 32.4 Å². The summed E-state index contributed by atoms with van der Waals surface area (Å²) in [4.78, 5) is 22.5. The molecule has 2 atom stereocenters. The molecule has 4 rings (SSSR count). The number of hydrogen-bond donors (Lipinski definition) is 3. The summed E-state index contributed by atoms with van der Waals surface area (Å²) >= 11 is 5.64. The molecule has 2 aromatic heterocycles. The molecule has 1 aliphatic heterocycles. The highest BCUT2D eigenvalue weighted by Crippen LogP contribution is 2.40. The average Bonchev–Trinajstić information content (AvgIpc) is 3.26. The minimum atomic E-state index is -0.341. The molecule has 1 amide bonds. The second-order valence-electron chi connectivity index (χ2n) is 7.66. The number of hydrogen-bond acceptors (Lipinski definition) is 3. The zero-order valence-corrected chi connectivity index (χ0v) is 18.2. The second-order valence-corrected chi connectivity index (χ2v) is 8.04. The third-order valence-corrected chi connectivity index (χ3v) is 5.77. The number of pyridine rings is 1. The van der Waals surface area contributed by atoms with E-state index in [0.717, 1.165) is 22.6 Å². The van der Waals surface area contributed by atoms with Crippen LogP contribution in [0.15, 0.2) is 54.7 Å². The molecule has 0 radical (unpaired) electrons. The first-order chi connectivity index (χ1) is 14.9. The number of rotatable bonds is 6. The summed E-state index contributed by atoms with van der Waals surface area (Å²) in [5.74, 6) is -0.497. The van der Waals surface area contributed by atoms with Gasteiger partial charge in [0.25, 0.3) is 0 Å². The van der Waals surface area contributed by atoms with Crippen molar-refractivity contribution in [3.63, 3.8) is 0 Å². The maximum Gasteiger partial charge on any atom is 0.226 e. The number of carbonyl (C=O) groups excluding carboxylic acids is 1. The van der Waals surface area contributed by atoms with Crippen molar-refractivity contribution in [2.24, 2.45) is 0 Å². The Bertz CT molecular complexity index is 1080. The minimum Gasteiger partial charge on any atom is -0.362 e. The van der Waals surface area contributed by atoms with Crippen molar-refractivity contribution >= 4 is 28.9 Å².